The molecule has 0 saturated carbocycles. The maximum Gasteiger partial charge on any atom is 0.264 e. The molecule has 3 N–H and O–H groups in total. The van der Waals surface area contributed by atoms with Crippen molar-refractivity contribution in [2.45, 2.75) is 20.4 Å². The molecule has 0 radical (unpaired) electrons. The van der Waals surface area contributed by atoms with Gasteiger partial charge in [0.15, 0.2) is 0 Å². The third-order valence-electron chi connectivity index (χ3n) is 6.24. The Bertz CT molecular complexity index is 1620. The highest BCUT2D eigenvalue weighted by Gasteiger charge is 2.23. The van der Waals surface area contributed by atoms with Crippen molar-refractivity contribution < 1.29 is 19.7 Å². The second kappa shape index (κ2) is 10.6. The number of carbonyl (C=O) groups excluding carboxylic acids is 1. The van der Waals surface area contributed by atoms with Crippen LogP contribution in [-0.2, 0) is 6.54 Å². The molecule has 0 saturated heterocycles. The fourth-order valence-corrected chi connectivity index (χ4v) is 4.38. The number of fused-ring (bicyclic) bond motifs is 1. The van der Waals surface area contributed by atoms with E-state index in [0.29, 0.717) is 39.2 Å². The first kappa shape index (κ1) is 26.2. The lowest BCUT2D eigenvalue weighted by Gasteiger charge is -2.20. The summed E-state index contributed by atoms with van der Waals surface area (Å²) in [6.07, 6.45) is 1.63. The molecule has 2 aromatic carbocycles. The van der Waals surface area contributed by atoms with E-state index in [9.17, 15) is 19.8 Å². The van der Waals surface area contributed by atoms with Crippen LogP contribution in [-0.4, -0.2) is 45.5 Å². The molecule has 0 aliphatic carbocycles. The molecule has 9 heteroatoms. The number of methoxy groups -OCH3 is 1. The van der Waals surface area contributed by atoms with Crippen molar-refractivity contribution in [2.75, 3.05) is 19.1 Å². The number of allylic oxidation sites excluding steroid dienone is 2. The van der Waals surface area contributed by atoms with Gasteiger partial charge in [-0.3, -0.25) is 14.6 Å². The Labute approximate surface area is 219 Å². The Morgan fingerprint density at radius 3 is 2.34 bits per heavy atom. The molecule has 0 spiro atoms. The molecule has 38 heavy (non-hydrogen) atoms. The quantitative estimate of drug-likeness (QED) is 0.242. The average molecular weight is 513 g/mol. The van der Waals surface area contributed by atoms with Gasteiger partial charge in [-0.2, -0.15) is 0 Å². The Balaban J connectivity index is 1.99. The number of aliphatic hydroxyl groups is 1. The molecule has 4 aromatic rings. The second-order valence-electron chi connectivity index (χ2n) is 8.85. The number of benzene rings is 2. The van der Waals surface area contributed by atoms with E-state index < -0.39 is 11.5 Å². The molecule has 9 nitrogen and oxygen atoms in total. The summed E-state index contributed by atoms with van der Waals surface area (Å²) in [5, 5.41) is 28.7. The van der Waals surface area contributed by atoms with Gasteiger partial charge in [0.05, 0.1) is 30.6 Å². The Hall–Kier alpha value is -4.92. The monoisotopic (exact) mass is 512 g/mol. The zero-order chi connectivity index (χ0) is 27.6. The number of pyridine rings is 2. The van der Waals surface area contributed by atoms with Crippen molar-refractivity contribution in [1.29, 1.82) is 5.41 Å². The number of nitrogens with one attached hydrogen (secondary N) is 1. The molecule has 1 amide bonds. The van der Waals surface area contributed by atoms with E-state index >= 15 is 0 Å². The van der Waals surface area contributed by atoms with E-state index in [1.165, 1.54) is 41.7 Å². The zero-order valence-corrected chi connectivity index (χ0v) is 21.5. The SMILES string of the molecule is COc1cc2c(cc1/C(C(C)=N)=C(\C)O)cc(C(=O)N(C)c1ccc(O)cc1)c(=O)n2Cc1ccccn1. The number of carbonyl (C=O) groups is 1. The minimum absolute atomic E-state index is 0.0553. The molecule has 0 unspecified atom stereocenters. The number of hydrogen-bond donors (Lipinski definition) is 3. The summed E-state index contributed by atoms with van der Waals surface area (Å²) < 4.78 is 7.06. The Kier molecular flexibility index (Phi) is 7.29. The molecule has 0 aliphatic heterocycles. The van der Waals surface area contributed by atoms with Crippen LogP contribution in [0.15, 0.2) is 77.4 Å². The van der Waals surface area contributed by atoms with Crippen LogP contribution in [0.1, 0.15) is 35.5 Å². The van der Waals surface area contributed by atoms with Crippen molar-refractivity contribution in [3.8, 4) is 11.5 Å². The van der Waals surface area contributed by atoms with Gasteiger partial charge in [0.1, 0.15) is 17.1 Å². The highest BCUT2D eigenvalue weighted by molar-refractivity contribution is 6.23. The predicted molar refractivity (Wildman–Crippen MR) is 148 cm³/mol. The van der Waals surface area contributed by atoms with Crippen LogP contribution in [0.3, 0.4) is 0 Å². The van der Waals surface area contributed by atoms with E-state index in [-0.39, 0.29) is 29.3 Å². The van der Waals surface area contributed by atoms with Crippen LogP contribution in [0.2, 0.25) is 0 Å². The van der Waals surface area contributed by atoms with Crippen molar-refractivity contribution in [3.05, 3.63) is 99.8 Å². The fraction of sp³-hybridized carbons (Fsp3) is 0.172. The smallest absolute Gasteiger partial charge is 0.264 e. The third kappa shape index (κ3) is 4.99. The van der Waals surface area contributed by atoms with Gasteiger partial charge in [0.2, 0.25) is 0 Å². The number of hydrogen-bond acceptors (Lipinski definition) is 7. The van der Waals surface area contributed by atoms with E-state index in [1.54, 1.807) is 56.6 Å². The molecule has 0 fully saturated rings. The van der Waals surface area contributed by atoms with Gasteiger partial charge in [-0.25, -0.2) is 0 Å². The first-order valence-corrected chi connectivity index (χ1v) is 11.8. The first-order valence-electron chi connectivity index (χ1n) is 11.8. The minimum atomic E-state index is -0.535. The predicted octanol–water partition coefficient (Wildman–Crippen LogP) is 4.76. The molecule has 2 heterocycles. The highest BCUT2D eigenvalue weighted by Crippen LogP contribution is 2.33. The van der Waals surface area contributed by atoms with Crippen LogP contribution in [0.4, 0.5) is 5.69 Å². The molecule has 0 aliphatic rings. The summed E-state index contributed by atoms with van der Waals surface area (Å²) in [4.78, 5) is 33.0. The summed E-state index contributed by atoms with van der Waals surface area (Å²) in [5.41, 5.74) is 1.93. The number of ether oxygens (including phenoxy) is 1. The number of nitrogens with zero attached hydrogens (tertiary/aromatic N) is 3. The summed E-state index contributed by atoms with van der Waals surface area (Å²) >= 11 is 0. The number of phenols is 1. The first-order chi connectivity index (χ1) is 18.1. The molecule has 4 rings (SSSR count). The van der Waals surface area contributed by atoms with Gasteiger partial charge < -0.3 is 29.8 Å². The van der Waals surface area contributed by atoms with Crippen LogP contribution in [0.5, 0.6) is 11.5 Å². The summed E-state index contributed by atoms with van der Waals surface area (Å²) in [6.45, 7) is 3.15. The Morgan fingerprint density at radius 2 is 1.76 bits per heavy atom. The molecule has 194 valence electrons. The van der Waals surface area contributed by atoms with Gasteiger partial charge in [-0.15, -0.1) is 0 Å². The van der Waals surface area contributed by atoms with Crippen molar-refractivity contribution in [1.82, 2.24) is 9.55 Å². The van der Waals surface area contributed by atoms with Gasteiger partial charge >= 0.3 is 0 Å². The summed E-state index contributed by atoms with van der Waals surface area (Å²) in [5.74, 6) is -0.168. The second-order valence-corrected chi connectivity index (χ2v) is 8.85. The highest BCUT2D eigenvalue weighted by atomic mass is 16.5. The third-order valence-corrected chi connectivity index (χ3v) is 6.24. The van der Waals surface area contributed by atoms with E-state index in [2.05, 4.69) is 4.98 Å². The van der Waals surface area contributed by atoms with Gasteiger partial charge in [0.25, 0.3) is 11.5 Å². The number of aromatic nitrogens is 2. The number of aromatic hydroxyl groups is 1. The van der Waals surface area contributed by atoms with Crippen LogP contribution >= 0.6 is 0 Å². The number of aliphatic hydroxyl groups excluding tert-OH is 1. The molecule has 2 aromatic heterocycles. The molecule has 0 bridgehead atoms. The van der Waals surface area contributed by atoms with Gasteiger partial charge in [0, 0.05) is 47.2 Å². The van der Waals surface area contributed by atoms with Crippen LogP contribution < -0.4 is 15.2 Å². The maximum absolute atomic E-state index is 13.8. The zero-order valence-electron chi connectivity index (χ0n) is 21.5. The summed E-state index contributed by atoms with van der Waals surface area (Å²) in [6, 6.07) is 16.3. The fourth-order valence-electron chi connectivity index (χ4n) is 4.38. The van der Waals surface area contributed by atoms with Gasteiger partial charge in [-0.05, 0) is 62.4 Å². The normalized spacial score (nSPS) is 11.7. The number of amides is 1. The van der Waals surface area contributed by atoms with E-state index in [4.69, 9.17) is 10.1 Å². The maximum atomic E-state index is 13.8. The topological polar surface area (TPSA) is 129 Å². The van der Waals surface area contributed by atoms with E-state index in [1.807, 2.05) is 6.07 Å². The minimum Gasteiger partial charge on any atom is -0.512 e. The molecule has 0 atom stereocenters. The lowest BCUT2D eigenvalue weighted by Crippen LogP contribution is -2.35. The number of anilines is 1. The van der Waals surface area contributed by atoms with Crippen molar-refractivity contribution >= 4 is 33.8 Å². The standard InChI is InChI=1S/C29H28N4O5/c1-17(30)27(18(2)34)23-13-19-14-24(28(36)32(3)21-8-10-22(35)11-9-21)29(37)33(25(19)15-26(23)38-4)16-20-7-5-6-12-31-20/h5-15,30,34-35H,16H2,1-4H3/b27-18+,30-17?. The van der Waals surface area contributed by atoms with Crippen LogP contribution in [0, 0.1) is 5.41 Å². The largest absolute Gasteiger partial charge is 0.512 e. The van der Waals surface area contributed by atoms with E-state index in [0.717, 1.165) is 0 Å². The van der Waals surface area contributed by atoms with Crippen LogP contribution in [0.25, 0.3) is 16.5 Å². The lowest BCUT2D eigenvalue weighted by molar-refractivity contribution is 0.0991. The molecular formula is C29H28N4O5. The molecular weight excluding hydrogens is 484 g/mol. The van der Waals surface area contributed by atoms with Crippen molar-refractivity contribution in [2.24, 2.45) is 0 Å². The lowest BCUT2D eigenvalue weighted by atomic mass is 9.97. The van der Waals surface area contributed by atoms with Crippen molar-refractivity contribution in [3.63, 3.8) is 0 Å². The number of rotatable bonds is 7. The average Bonchev–Trinajstić information content (AvgIpc) is 2.89. The summed E-state index contributed by atoms with van der Waals surface area (Å²) in [7, 11) is 3.02. The Morgan fingerprint density at radius 1 is 1.08 bits per heavy atom. The van der Waals surface area contributed by atoms with Gasteiger partial charge in [-0.1, -0.05) is 6.07 Å². The number of phenolic OH excluding ortho intramolecular Hbond substituents is 1.